The molecule has 0 amide bonds. The van der Waals surface area contributed by atoms with Crippen LogP contribution in [0.15, 0.2) is 30.3 Å². The van der Waals surface area contributed by atoms with Gasteiger partial charge in [0.1, 0.15) is 5.82 Å². The first-order valence-electron chi connectivity index (χ1n) is 11.2. The monoisotopic (exact) mass is 402 g/mol. The lowest BCUT2D eigenvalue weighted by molar-refractivity contribution is 0.252. The van der Waals surface area contributed by atoms with Gasteiger partial charge in [0.15, 0.2) is 11.6 Å². The smallest absolute Gasteiger partial charge is 0.162 e. The maximum absolute atomic E-state index is 14.5. The molecule has 1 saturated carbocycles. The third-order valence-electron chi connectivity index (χ3n) is 6.64. The molecule has 1 fully saturated rings. The summed E-state index contributed by atoms with van der Waals surface area (Å²) in [5, 5.41) is 0. The molecule has 0 bridgehead atoms. The second-order valence-electron chi connectivity index (χ2n) is 8.81. The molecule has 0 unspecified atom stereocenters. The van der Waals surface area contributed by atoms with E-state index in [1.807, 2.05) is 12.1 Å². The largest absolute Gasteiger partial charge is 0.207 e. The highest BCUT2D eigenvalue weighted by Gasteiger charge is 2.20. The summed E-state index contributed by atoms with van der Waals surface area (Å²) < 4.78 is 42.2. The zero-order valence-electron chi connectivity index (χ0n) is 17.7. The minimum Gasteiger partial charge on any atom is -0.207 e. The minimum atomic E-state index is -0.810. The van der Waals surface area contributed by atoms with Crippen LogP contribution >= 0.6 is 0 Å². The second kappa shape index (κ2) is 10.3. The first-order valence-corrected chi connectivity index (χ1v) is 11.2. The molecule has 1 aliphatic carbocycles. The molecule has 0 aromatic heterocycles. The first kappa shape index (κ1) is 21.9. The summed E-state index contributed by atoms with van der Waals surface area (Å²) in [6.45, 7) is 3.80. The lowest BCUT2D eigenvalue weighted by Crippen LogP contribution is -2.15. The molecule has 0 nitrogen and oxygen atoms in total. The topological polar surface area (TPSA) is 0 Å². The Bertz CT molecular complexity index is 804. The molecule has 0 spiro atoms. The fourth-order valence-electron chi connectivity index (χ4n) is 4.69. The Morgan fingerprint density at radius 1 is 0.759 bits per heavy atom. The minimum absolute atomic E-state index is 0.234. The van der Waals surface area contributed by atoms with Crippen molar-refractivity contribution >= 4 is 0 Å². The van der Waals surface area contributed by atoms with Crippen LogP contribution in [0.2, 0.25) is 0 Å². The maximum atomic E-state index is 14.5. The van der Waals surface area contributed by atoms with Crippen LogP contribution in [0.4, 0.5) is 13.2 Å². The Morgan fingerprint density at radius 2 is 1.38 bits per heavy atom. The van der Waals surface area contributed by atoms with E-state index in [9.17, 15) is 13.2 Å². The highest BCUT2D eigenvalue weighted by atomic mass is 19.2. The lowest BCUT2D eigenvalue weighted by Gasteiger charge is -2.28. The Balaban J connectivity index is 1.51. The van der Waals surface area contributed by atoms with Crippen molar-refractivity contribution in [3.63, 3.8) is 0 Å². The molecule has 1 aliphatic rings. The van der Waals surface area contributed by atoms with Gasteiger partial charge in [0.05, 0.1) is 0 Å². The van der Waals surface area contributed by atoms with Crippen LogP contribution in [0.3, 0.4) is 0 Å². The SMILES string of the molecule is CCCC1CCC(CCc2ccc(CCc3ccc(C)c(F)c3F)c(F)c2)CC1. The number of hydrogen-bond donors (Lipinski definition) is 0. The van der Waals surface area contributed by atoms with Gasteiger partial charge in [-0.25, -0.2) is 13.2 Å². The van der Waals surface area contributed by atoms with Crippen molar-refractivity contribution in [2.24, 2.45) is 11.8 Å². The number of halogens is 3. The number of rotatable bonds is 8. The Kier molecular flexibility index (Phi) is 7.80. The zero-order valence-corrected chi connectivity index (χ0v) is 17.7. The summed E-state index contributed by atoms with van der Waals surface area (Å²) in [5.41, 5.74) is 2.19. The molecule has 2 aromatic carbocycles. The second-order valence-corrected chi connectivity index (χ2v) is 8.81. The van der Waals surface area contributed by atoms with Gasteiger partial charge in [-0.1, -0.05) is 69.7 Å². The fraction of sp³-hybridized carbons (Fsp3) is 0.538. The van der Waals surface area contributed by atoms with Gasteiger partial charge in [-0.2, -0.15) is 0 Å². The normalized spacial score (nSPS) is 19.5. The van der Waals surface area contributed by atoms with Gasteiger partial charge in [-0.05, 0) is 72.8 Å². The van der Waals surface area contributed by atoms with E-state index in [2.05, 4.69) is 6.92 Å². The van der Waals surface area contributed by atoms with Crippen LogP contribution in [-0.4, -0.2) is 0 Å². The third-order valence-corrected chi connectivity index (χ3v) is 6.64. The molecule has 29 heavy (non-hydrogen) atoms. The average Bonchev–Trinajstić information content (AvgIpc) is 2.72. The number of benzene rings is 2. The standard InChI is InChI=1S/C26H33F3/c1-3-4-19-6-8-20(9-7-19)10-11-21-12-14-22(24(27)17-21)15-16-23-13-5-18(2)25(28)26(23)29/h5,12-14,17,19-20H,3-4,6-11,15-16H2,1-2H3. The summed E-state index contributed by atoms with van der Waals surface area (Å²) in [6, 6.07) is 8.60. The van der Waals surface area contributed by atoms with Crippen LogP contribution in [0.25, 0.3) is 0 Å². The Morgan fingerprint density at radius 3 is 2.03 bits per heavy atom. The molecule has 3 heteroatoms. The average molecular weight is 403 g/mol. The van der Waals surface area contributed by atoms with E-state index >= 15 is 0 Å². The lowest BCUT2D eigenvalue weighted by atomic mass is 9.78. The van der Waals surface area contributed by atoms with Crippen molar-refractivity contribution < 1.29 is 13.2 Å². The maximum Gasteiger partial charge on any atom is 0.162 e. The molecule has 0 N–H and O–H groups in total. The van der Waals surface area contributed by atoms with Gasteiger partial charge in [-0.15, -0.1) is 0 Å². The quantitative estimate of drug-likeness (QED) is 0.424. The van der Waals surface area contributed by atoms with Crippen molar-refractivity contribution in [2.75, 3.05) is 0 Å². The van der Waals surface area contributed by atoms with Gasteiger partial charge in [-0.3, -0.25) is 0 Å². The fourth-order valence-corrected chi connectivity index (χ4v) is 4.69. The summed E-state index contributed by atoms with van der Waals surface area (Å²) in [7, 11) is 0. The van der Waals surface area contributed by atoms with Crippen LogP contribution in [-0.2, 0) is 19.3 Å². The van der Waals surface area contributed by atoms with Crippen molar-refractivity contribution in [1.29, 1.82) is 0 Å². The van der Waals surface area contributed by atoms with E-state index in [1.54, 1.807) is 18.2 Å². The Hall–Kier alpha value is -1.77. The first-order chi connectivity index (χ1) is 14.0. The van der Waals surface area contributed by atoms with Crippen molar-refractivity contribution in [1.82, 2.24) is 0 Å². The third kappa shape index (κ3) is 5.87. The van der Waals surface area contributed by atoms with E-state index in [-0.39, 0.29) is 5.82 Å². The molecule has 0 radical (unpaired) electrons. The van der Waals surface area contributed by atoms with Gasteiger partial charge in [0.25, 0.3) is 0 Å². The molecule has 0 atom stereocenters. The van der Waals surface area contributed by atoms with Crippen molar-refractivity contribution in [2.45, 2.75) is 78.1 Å². The summed E-state index contributed by atoms with van der Waals surface area (Å²) in [5.74, 6) is -0.162. The highest BCUT2D eigenvalue weighted by molar-refractivity contribution is 5.29. The van der Waals surface area contributed by atoms with Gasteiger partial charge in [0, 0.05) is 0 Å². The highest BCUT2D eigenvalue weighted by Crippen LogP contribution is 2.34. The summed E-state index contributed by atoms with van der Waals surface area (Å²) in [6.07, 6.45) is 10.7. The number of aryl methyl sites for hydroxylation is 4. The summed E-state index contributed by atoms with van der Waals surface area (Å²) >= 11 is 0. The van der Waals surface area contributed by atoms with Crippen LogP contribution in [0.1, 0.15) is 74.1 Å². The van der Waals surface area contributed by atoms with E-state index in [4.69, 9.17) is 0 Å². The predicted molar refractivity (Wildman–Crippen MR) is 114 cm³/mol. The van der Waals surface area contributed by atoms with E-state index in [1.165, 1.54) is 45.4 Å². The molecule has 0 aliphatic heterocycles. The van der Waals surface area contributed by atoms with Gasteiger partial charge in [0.2, 0.25) is 0 Å². The molecule has 2 aromatic rings. The van der Waals surface area contributed by atoms with E-state index in [0.717, 1.165) is 30.2 Å². The molecule has 0 saturated heterocycles. The zero-order chi connectivity index (χ0) is 20.8. The molecule has 158 valence electrons. The van der Waals surface area contributed by atoms with Crippen molar-refractivity contribution in [3.05, 3.63) is 70.0 Å². The summed E-state index contributed by atoms with van der Waals surface area (Å²) in [4.78, 5) is 0. The van der Waals surface area contributed by atoms with Gasteiger partial charge >= 0.3 is 0 Å². The van der Waals surface area contributed by atoms with Gasteiger partial charge < -0.3 is 0 Å². The number of hydrogen-bond acceptors (Lipinski definition) is 0. The molecule has 0 heterocycles. The van der Waals surface area contributed by atoms with Crippen LogP contribution in [0.5, 0.6) is 0 Å². The predicted octanol–water partition coefficient (Wildman–Crippen LogP) is 7.74. The van der Waals surface area contributed by atoms with E-state index < -0.39 is 11.6 Å². The van der Waals surface area contributed by atoms with Crippen LogP contribution in [0, 0.1) is 36.2 Å². The van der Waals surface area contributed by atoms with Crippen LogP contribution < -0.4 is 0 Å². The molecular weight excluding hydrogens is 369 g/mol. The Labute approximate surface area is 173 Å². The molecular formula is C26H33F3. The van der Waals surface area contributed by atoms with Crippen molar-refractivity contribution in [3.8, 4) is 0 Å². The van der Waals surface area contributed by atoms with E-state index in [0.29, 0.717) is 29.5 Å². The molecule has 3 rings (SSSR count).